The lowest BCUT2D eigenvalue weighted by atomic mass is 9.83. The summed E-state index contributed by atoms with van der Waals surface area (Å²) >= 11 is 0. The highest BCUT2D eigenvalue weighted by atomic mass is 16.3. The van der Waals surface area contributed by atoms with Crippen LogP contribution in [-0.2, 0) is 12.0 Å². The van der Waals surface area contributed by atoms with E-state index in [0.29, 0.717) is 6.04 Å². The quantitative estimate of drug-likeness (QED) is 0.904. The predicted octanol–water partition coefficient (Wildman–Crippen LogP) is 3.22. The molecule has 3 heteroatoms. The van der Waals surface area contributed by atoms with Crippen molar-refractivity contribution in [2.45, 2.75) is 57.5 Å². The van der Waals surface area contributed by atoms with Gasteiger partial charge in [0.2, 0.25) is 0 Å². The first kappa shape index (κ1) is 16.0. The summed E-state index contributed by atoms with van der Waals surface area (Å²) in [5.74, 6) is 0. The number of nitriles is 1. The second-order valence-corrected chi connectivity index (χ2v) is 6.53. The van der Waals surface area contributed by atoms with Gasteiger partial charge in [0.1, 0.15) is 0 Å². The van der Waals surface area contributed by atoms with E-state index in [4.69, 9.17) is 0 Å². The Morgan fingerprint density at radius 3 is 2.81 bits per heavy atom. The van der Waals surface area contributed by atoms with Crippen molar-refractivity contribution in [1.82, 2.24) is 4.90 Å². The molecule has 3 nitrogen and oxygen atoms in total. The number of hydrogen-bond acceptors (Lipinski definition) is 3. The lowest BCUT2D eigenvalue weighted by Crippen LogP contribution is -2.40. The SMILES string of the molecule is CC(C)(C#N)c1ccccc1CN1CCCCC1CCO. The maximum atomic E-state index is 9.42. The van der Waals surface area contributed by atoms with Gasteiger partial charge in [0.05, 0.1) is 11.5 Å². The van der Waals surface area contributed by atoms with Crippen molar-refractivity contribution in [1.29, 1.82) is 5.26 Å². The first-order chi connectivity index (χ1) is 10.1. The summed E-state index contributed by atoms with van der Waals surface area (Å²) in [6.07, 6.45) is 4.51. The molecular weight excluding hydrogens is 260 g/mol. The molecule has 1 aliphatic rings. The van der Waals surface area contributed by atoms with E-state index in [1.807, 2.05) is 19.9 Å². The largest absolute Gasteiger partial charge is 0.396 e. The number of hydrogen-bond donors (Lipinski definition) is 1. The van der Waals surface area contributed by atoms with Crippen LogP contribution in [0.25, 0.3) is 0 Å². The number of aliphatic hydroxyl groups excluding tert-OH is 1. The molecule has 114 valence electrons. The van der Waals surface area contributed by atoms with E-state index in [0.717, 1.165) is 25.1 Å². The lowest BCUT2D eigenvalue weighted by Gasteiger charge is -2.36. The van der Waals surface area contributed by atoms with Crippen molar-refractivity contribution in [2.24, 2.45) is 0 Å². The molecule has 1 unspecified atom stereocenters. The smallest absolute Gasteiger partial charge is 0.0769 e. The van der Waals surface area contributed by atoms with E-state index in [2.05, 4.69) is 29.2 Å². The number of likely N-dealkylation sites (tertiary alicyclic amines) is 1. The second-order valence-electron chi connectivity index (χ2n) is 6.53. The fourth-order valence-electron chi connectivity index (χ4n) is 3.29. The van der Waals surface area contributed by atoms with Gasteiger partial charge in [-0.2, -0.15) is 5.26 Å². The van der Waals surface area contributed by atoms with Crippen molar-refractivity contribution in [3.8, 4) is 6.07 Å². The van der Waals surface area contributed by atoms with Crippen molar-refractivity contribution < 1.29 is 5.11 Å². The van der Waals surface area contributed by atoms with Gasteiger partial charge >= 0.3 is 0 Å². The Labute approximate surface area is 128 Å². The zero-order valence-electron chi connectivity index (χ0n) is 13.2. The minimum absolute atomic E-state index is 0.256. The normalized spacial score (nSPS) is 20.2. The van der Waals surface area contributed by atoms with Crippen LogP contribution in [0.1, 0.15) is 50.7 Å². The molecule has 1 heterocycles. The monoisotopic (exact) mass is 286 g/mol. The minimum Gasteiger partial charge on any atom is -0.396 e. The highest BCUT2D eigenvalue weighted by Crippen LogP contribution is 2.29. The van der Waals surface area contributed by atoms with Crippen LogP contribution < -0.4 is 0 Å². The van der Waals surface area contributed by atoms with E-state index in [-0.39, 0.29) is 6.61 Å². The Bertz CT molecular complexity index is 502. The third-order valence-corrected chi connectivity index (χ3v) is 4.56. The molecule has 1 N–H and O–H groups in total. The maximum Gasteiger partial charge on any atom is 0.0769 e. The third kappa shape index (κ3) is 3.84. The first-order valence-corrected chi connectivity index (χ1v) is 7.93. The van der Waals surface area contributed by atoms with Crippen LogP contribution in [0.2, 0.25) is 0 Å². The van der Waals surface area contributed by atoms with Gasteiger partial charge in [-0.15, -0.1) is 0 Å². The molecule has 1 fully saturated rings. The van der Waals surface area contributed by atoms with Gasteiger partial charge in [-0.3, -0.25) is 4.90 Å². The van der Waals surface area contributed by atoms with Crippen molar-refractivity contribution in [2.75, 3.05) is 13.2 Å². The van der Waals surface area contributed by atoms with E-state index in [1.54, 1.807) is 0 Å². The molecule has 1 atom stereocenters. The fraction of sp³-hybridized carbons (Fsp3) is 0.611. The van der Waals surface area contributed by atoms with Gasteiger partial charge in [-0.05, 0) is 50.8 Å². The van der Waals surface area contributed by atoms with Crippen LogP contribution in [-0.4, -0.2) is 29.2 Å². The molecule has 1 saturated heterocycles. The van der Waals surface area contributed by atoms with Crippen LogP contribution in [0.4, 0.5) is 0 Å². The van der Waals surface area contributed by atoms with Gasteiger partial charge < -0.3 is 5.11 Å². The molecular formula is C18H26N2O. The molecule has 1 aromatic carbocycles. The molecule has 0 aromatic heterocycles. The predicted molar refractivity (Wildman–Crippen MR) is 84.8 cm³/mol. The number of aliphatic hydroxyl groups is 1. The summed E-state index contributed by atoms with van der Waals surface area (Å²) in [7, 11) is 0. The number of benzene rings is 1. The number of rotatable bonds is 5. The number of nitrogens with zero attached hydrogens (tertiary/aromatic N) is 2. The van der Waals surface area contributed by atoms with Gasteiger partial charge in [-0.25, -0.2) is 0 Å². The molecule has 0 spiro atoms. The molecule has 0 saturated carbocycles. The second kappa shape index (κ2) is 7.06. The number of piperidine rings is 1. The fourth-order valence-corrected chi connectivity index (χ4v) is 3.29. The highest BCUT2D eigenvalue weighted by molar-refractivity contribution is 5.37. The lowest BCUT2D eigenvalue weighted by molar-refractivity contribution is 0.112. The summed E-state index contributed by atoms with van der Waals surface area (Å²) in [6.45, 7) is 6.19. The highest BCUT2D eigenvalue weighted by Gasteiger charge is 2.26. The Morgan fingerprint density at radius 1 is 1.33 bits per heavy atom. The molecule has 1 aromatic rings. The van der Waals surface area contributed by atoms with E-state index < -0.39 is 5.41 Å². The summed E-state index contributed by atoms with van der Waals surface area (Å²) < 4.78 is 0. The zero-order valence-corrected chi connectivity index (χ0v) is 13.2. The molecule has 0 amide bonds. The average Bonchev–Trinajstić information content (AvgIpc) is 2.50. The van der Waals surface area contributed by atoms with E-state index >= 15 is 0 Å². The van der Waals surface area contributed by atoms with Gasteiger partial charge in [-0.1, -0.05) is 30.7 Å². The Balaban J connectivity index is 2.21. The molecule has 2 rings (SSSR count). The Morgan fingerprint density at radius 2 is 2.10 bits per heavy atom. The zero-order chi connectivity index (χ0) is 15.3. The van der Waals surface area contributed by atoms with Gasteiger partial charge in [0.15, 0.2) is 0 Å². The van der Waals surface area contributed by atoms with Gasteiger partial charge in [0.25, 0.3) is 0 Å². The van der Waals surface area contributed by atoms with Crippen LogP contribution in [0.3, 0.4) is 0 Å². The maximum absolute atomic E-state index is 9.42. The van der Waals surface area contributed by atoms with Crippen LogP contribution >= 0.6 is 0 Å². The van der Waals surface area contributed by atoms with Gasteiger partial charge in [0, 0.05) is 19.2 Å². The topological polar surface area (TPSA) is 47.3 Å². The summed E-state index contributed by atoms with van der Waals surface area (Å²) in [4.78, 5) is 2.48. The molecule has 0 aliphatic carbocycles. The Hall–Kier alpha value is -1.37. The standard InChI is InChI=1S/C18H26N2O/c1-18(2,14-19)17-9-4-3-7-15(17)13-20-11-6-5-8-16(20)10-12-21/h3-4,7,9,16,21H,5-6,8,10-13H2,1-2H3. The van der Waals surface area contributed by atoms with E-state index in [9.17, 15) is 10.4 Å². The summed E-state index contributed by atoms with van der Waals surface area (Å²) in [5, 5.41) is 18.7. The van der Waals surface area contributed by atoms with Crippen LogP contribution in [0.5, 0.6) is 0 Å². The van der Waals surface area contributed by atoms with Crippen molar-refractivity contribution in [3.63, 3.8) is 0 Å². The third-order valence-electron chi connectivity index (χ3n) is 4.56. The molecule has 0 radical (unpaired) electrons. The summed E-state index contributed by atoms with van der Waals surface area (Å²) in [5.41, 5.74) is 1.91. The van der Waals surface area contributed by atoms with E-state index in [1.165, 1.54) is 24.8 Å². The molecule has 0 bridgehead atoms. The van der Waals surface area contributed by atoms with Crippen LogP contribution in [0.15, 0.2) is 24.3 Å². The van der Waals surface area contributed by atoms with Crippen molar-refractivity contribution >= 4 is 0 Å². The average molecular weight is 286 g/mol. The molecule has 1 aliphatic heterocycles. The first-order valence-electron chi connectivity index (χ1n) is 7.93. The summed E-state index contributed by atoms with van der Waals surface area (Å²) in [6, 6.07) is 11.2. The van der Waals surface area contributed by atoms with Crippen molar-refractivity contribution in [3.05, 3.63) is 35.4 Å². The Kier molecular flexibility index (Phi) is 5.39. The van der Waals surface area contributed by atoms with Crippen LogP contribution in [0, 0.1) is 11.3 Å². The molecule has 21 heavy (non-hydrogen) atoms. The minimum atomic E-state index is -0.459.